The van der Waals surface area contributed by atoms with E-state index < -0.39 is 7.60 Å². The molecule has 0 unspecified atom stereocenters. The molecule has 0 fully saturated rings. The summed E-state index contributed by atoms with van der Waals surface area (Å²) in [5, 5.41) is 0.956. The van der Waals surface area contributed by atoms with Gasteiger partial charge in [-0.3, -0.25) is 4.57 Å². The van der Waals surface area contributed by atoms with Gasteiger partial charge in [-0.05, 0) is 35.2 Å². The number of hydrogen-bond donors (Lipinski definition) is 2. The number of benzene rings is 1. The number of methoxy groups -OCH3 is 1. The van der Waals surface area contributed by atoms with Gasteiger partial charge in [-0.2, -0.15) is 4.98 Å². The molecule has 0 spiro atoms. The molecule has 7 heteroatoms. The Morgan fingerprint density at radius 2 is 1.75 bits per heavy atom. The third kappa shape index (κ3) is 3.97. The van der Waals surface area contributed by atoms with Gasteiger partial charge in [0.15, 0.2) is 5.65 Å². The second-order valence-corrected chi connectivity index (χ2v) is 7.16. The fourth-order valence-corrected chi connectivity index (χ4v) is 3.24. The molecular formula is C17H17N2O4P. The summed E-state index contributed by atoms with van der Waals surface area (Å²) in [6.07, 6.45) is 2.16. The lowest BCUT2D eigenvalue weighted by molar-refractivity contribution is 0.371. The van der Waals surface area contributed by atoms with E-state index in [1.807, 2.05) is 24.3 Å². The van der Waals surface area contributed by atoms with E-state index in [-0.39, 0.29) is 6.16 Å². The van der Waals surface area contributed by atoms with Crippen molar-refractivity contribution in [2.75, 3.05) is 7.11 Å². The van der Waals surface area contributed by atoms with Crippen molar-refractivity contribution in [1.29, 1.82) is 0 Å². The third-order valence-electron chi connectivity index (χ3n) is 3.68. The van der Waals surface area contributed by atoms with Crippen LogP contribution >= 0.6 is 7.60 Å². The fraction of sp³-hybridized carbons (Fsp3) is 0.176. The Hall–Kier alpha value is -2.27. The van der Waals surface area contributed by atoms with Gasteiger partial charge < -0.3 is 14.5 Å². The summed E-state index contributed by atoms with van der Waals surface area (Å²) in [6.45, 7) is 0. The van der Waals surface area contributed by atoms with Crippen molar-refractivity contribution in [3.05, 3.63) is 65.4 Å². The molecule has 0 saturated carbocycles. The van der Waals surface area contributed by atoms with Crippen molar-refractivity contribution in [1.82, 2.24) is 9.97 Å². The van der Waals surface area contributed by atoms with E-state index in [2.05, 4.69) is 9.97 Å². The Kier molecular flexibility index (Phi) is 4.62. The minimum Gasteiger partial charge on any atom is -0.481 e. The largest absolute Gasteiger partial charge is 0.481 e. The molecule has 6 nitrogen and oxygen atoms in total. The molecule has 0 aliphatic carbocycles. The van der Waals surface area contributed by atoms with Crippen LogP contribution in [0.3, 0.4) is 0 Å². The van der Waals surface area contributed by atoms with Gasteiger partial charge in [-0.15, -0.1) is 0 Å². The summed E-state index contributed by atoms with van der Waals surface area (Å²) in [5.41, 5.74) is 3.38. The molecule has 124 valence electrons. The van der Waals surface area contributed by atoms with Crippen LogP contribution < -0.4 is 4.74 Å². The highest BCUT2D eigenvalue weighted by Crippen LogP contribution is 2.39. The average molecular weight is 344 g/mol. The second kappa shape index (κ2) is 6.69. The summed E-state index contributed by atoms with van der Waals surface area (Å²) in [4.78, 5) is 26.6. The average Bonchev–Trinajstić information content (AvgIpc) is 2.55. The van der Waals surface area contributed by atoms with Crippen molar-refractivity contribution >= 4 is 18.6 Å². The zero-order valence-corrected chi connectivity index (χ0v) is 14.0. The predicted molar refractivity (Wildman–Crippen MR) is 91.1 cm³/mol. The predicted octanol–water partition coefficient (Wildman–Crippen LogP) is 2.91. The van der Waals surface area contributed by atoms with Crippen molar-refractivity contribution in [3.63, 3.8) is 0 Å². The topological polar surface area (TPSA) is 92.5 Å². The zero-order valence-electron chi connectivity index (χ0n) is 13.1. The molecular weight excluding hydrogens is 327 g/mol. The summed E-state index contributed by atoms with van der Waals surface area (Å²) in [6, 6.07) is 12.9. The maximum absolute atomic E-state index is 11.0. The molecule has 0 atom stereocenters. The van der Waals surface area contributed by atoms with Gasteiger partial charge in [0.2, 0.25) is 5.88 Å². The van der Waals surface area contributed by atoms with Gasteiger partial charge >= 0.3 is 7.60 Å². The number of ether oxygens (including phenoxy) is 1. The van der Waals surface area contributed by atoms with Gasteiger partial charge in [0, 0.05) is 17.6 Å². The molecule has 2 heterocycles. The lowest BCUT2D eigenvalue weighted by Crippen LogP contribution is -1.95. The molecule has 3 rings (SSSR count). The van der Waals surface area contributed by atoms with Crippen LogP contribution in [-0.4, -0.2) is 26.9 Å². The molecule has 0 saturated heterocycles. The van der Waals surface area contributed by atoms with Gasteiger partial charge in [-0.1, -0.05) is 24.3 Å². The fourth-order valence-electron chi connectivity index (χ4n) is 2.56. The van der Waals surface area contributed by atoms with E-state index in [1.54, 1.807) is 31.5 Å². The summed E-state index contributed by atoms with van der Waals surface area (Å²) < 4.78 is 16.2. The number of rotatable bonds is 5. The van der Waals surface area contributed by atoms with Crippen LogP contribution in [0, 0.1) is 0 Å². The highest BCUT2D eigenvalue weighted by molar-refractivity contribution is 7.50. The summed E-state index contributed by atoms with van der Waals surface area (Å²) in [7, 11) is -2.47. The van der Waals surface area contributed by atoms with E-state index in [0.717, 1.165) is 16.5 Å². The Balaban J connectivity index is 1.86. The van der Waals surface area contributed by atoms with Crippen LogP contribution in [0.5, 0.6) is 5.88 Å². The molecule has 0 aliphatic rings. The molecule has 0 radical (unpaired) electrons. The highest BCUT2D eigenvalue weighted by Gasteiger charge is 2.13. The van der Waals surface area contributed by atoms with Crippen LogP contribution in [0.15, 0.2) is 48.7 Å². The Labute approximate surface area is 139 Å². The Morgan fingerprint density at radius 3 is 2.42 bits per heavy atom. The summed E-state index contributed by atoms with van der Waals surface area (Å²) >= 11 is 0. The minimum absolute atomic E-state index is 0.241. The SMILES string of the molecule is COc1ccc2c(Cc3ccc(CP(=O)(O)O)cc3)ccnc2n1. The molecule has 0 aliphatic heterocycles. The van der Waals surface area contributed by atoms with E-state index in [9.17, 15) is 4.57 Å². The highest BCUT2D eigenvalue weighted by atomic mass is 31.2. The molecule has 1 aromatic carbocycles. The van der Waals surface area contributed by atoms with Crippen molar-refractivity contribution < 1.29 is 19.1 Å². The number of nitrogens with zero attached hydrogens (tertiary/aromatic N) is 2. The van der Waals surface area contributed by atoms with Gasteiger partial charge in [-0.25, -0.2) is 4.98 Å². The molecule has 0 amide bonds. The smallest absolute Gasteiger partial charge is 0.329 e. The Morgan fingerprint density at radius 1 is 1.04 bits per heavy atom. The first-order chi connectivity index (χ1) is 11.4. The number of pyridine rings is 2. The first-order valence-corrected chi connectivity index (χ1v) is 9.15. The van der Waals surface area contributed by atoms with Gasteiger partial charge in [0.1, 0.15) is 0 Å². The monoisotopic (exact) mass is 344 g/mol. The Bertz CT molecular complexity index is 906. The lowest BCUT2D eigenvalue weighted by atomic mass is 10.0. The van der Waals surface area contributed by atoms with Crippen LogP contribution in [0.2, 0.25) is 0 Å². The van der Waals surface area contributed by atoms with Crippen LogP contribution in [0.25, 0.3) is 11.0 Å². The van der Waals surface area contributed by atoms with E-state index in [1.165, 1.54) is 0 Å². The van der Waals surface area contributed by atoms with Gasteiger partial charge in [0.25, 0.3) is 0 Å². The van der Waals surface area contributed by atoms with Crippen molar-refractivity contribution in [3.8, 4) is 5.88 Å². The molecule has 0 bridgehead atoms. The quantitative estimate of drug-likeness (QED) is 0.692. The number of aromatic nitrogens is 2. The third-order valence-corrected chi connectivity index (χ3v) is 4.46. The van der Waals surface area contributed by atoms with Crippen LogP contribution in [-0.2, 0) is 17.1 Å². The minimum atomic E-state index is -4.04. The molecule has 24 heavy (non-hydrogen) atoms. The normalized spacial score (nSPS) is 11.6. The van der Waals surface area contributed by atoms with E-state index >= 15 is 0 Å². The van der Waals surface area contributed by atoms with Crippen molar-refractivity contribution in [2.24, 2.45) is 0 Å². The zero-order chi connectivity index (χ0) is 17.2. The van der Waals surface area contributed by atoms with Crippen molar-refractivity contribution in [2.45, 2.75) is 12.6 Å². The van der Waals surface area contributed by atoms with Crippen LogP contribution in [0.1, 0.15) is 16.7 Å². The van der Waals surface area contributed by atoms with Crippen LogP contribution in [0.4, 0.5) is 0 Å². The summed E-state index contributed by atoms with van der Waals surface area (Å²) in [5.74, 6) is 0.522. The molecule has 2 N–H and O–H groups in total. The maximum atomic E-state index is 11.0. The number of fused-ring (bicyclic) bond motifs is 1. The van der Waals surface area contributed by atoms with E-state index in [0.29, 0.717) is 23.5 Å². The van der Waals surface area contributed by atoms with E-state index in [4.69, 9.17) is 14.5 Å². The maximum Gasteiger partial charge on any atom is 0.329 e. The second-order valence-electron chi connectivity index (χ2n) is 5.51. The standard InChI is InChI=1S/C17H17N2O4P/c1-23-16-7-6-15-14(8-9-18-17(15)19-16)10-12-2-4-13(5-3-12)11-24(20,21)22/h2-9H,10-11H2,1H3,(H2,20,21,22). The number of hydrogen-bond acceptors (Lipinski definition) is 4. The first kappa shape index (κ1) is 16.6. The lowest BCUT2D eigenvalue weighted by Gasteiger charge is -2.08. The van der Waals surface area contributed by atoms with Gasteiger partial charge in [0.05, 0.1) is 13.3 Å². The first-order valence-electron chi connectivity index (χ1n) is 7.35. The molecule has 2 aromatic heterocycles. The molecule has 3 aromatic rings.